The second-order valence-electron chi connectivity index (χ2n) is 5.35. The predicted octanol–water partition coefficient (Wildman–Crippen LogP) is 4.10. The second-order valence-corrected chi connectivity index (χ2v) is 6.10. The molecule has 0 amide bonds. The summed E-state index contributed by atoms with van der Waals surface area (Å²) in [4.78, 5) is 0. The molecule has 1 aliphatic rings. The largest absolute Gasteiger partial charge is 0.495 e. The van der Waals surface area contributed by atoms with Crippen LogP contribution in [0.5, 0.6) is 0 Å². The molecule has 0 spiro atoms. The normalized spacial score (nSPS) is 16.7. The molecule has 0 unspecified atom stereocenters. The molecule has 2 nitrogen and oxygen atoms in total. The van der Waals surface area contributed by atoms with Crippen molar-refractivity contribution in [3.63, 3.8) is 0 Å². The molecule has 0 aromatic heterocycles. The molecule has 1 aliphatic heterocycles. The predicted molar refractivity (Wildman–Crippen MR) is 86.1 cm³/mol. The highest BCUT2D eigenvalue weighted by molar-refractivity contribution is 6.66. The van der Waals surface area contributed by atoms with Crippen LogP contribution in [-0.4, -0.2) is 20.3 Å². The third-order valence-electron chi connectivity index (χ3n) is 3.63. The van der Waals surface area contributed by atoms with Gasteiger partial charge in [0.1, 0.15) is 0 Å². The van der Waals surface area contributed by atoms with Gasteiger partial charge < -0.3 is 9.31 Å². The van der Waals surface area contributed by atoms with Gasteiger partial charge in [-0.15, -0.1) is 0 Å². The molecule has 1 heterocycles. The van der Waals surface area contributed by atoms with E-state index in [1.165, 1.54) is 0 Å². The lowest BCUT2D eigenvalue weighted by Gasteiger charge is -2.28. The molecular weight excluding hydrogens is 294 g/mol. The Kier molecular flexibility index (Phi) is 6.22. The zero-order valence-electron chi connectivity index (χ0n) is 12.1. The van der Waals surface area contributed by atoms with Gasteiger partial charge in [-0.05, 0) is 18.4 Å². The van der Waals surface area contributed by atoms with Gasteiger partial charge in [0, 0.05) is 24.6 Å². The van der Waals surface area contributed by atoms with Gasteiger partial charge in [0.15, 0.2) is 0 Å². The lowest BCUT2D eigenvalue weighted by atomic mass is 9.76. The van der Waals surface area contributed by atoms with Gasteiger partial charge in [-0.1, -0.05) is 62.0 Å². The maximum Gasteiger partial charge on any atom is 0.495 e. The molecule has 1 aromatic rings. The standard InChI is InChI=1S/C15H21BCl2O2/c1-3-5-11-9-19-16(20-10-11)13-8-7-12(6-4-2)14(17)15(13)18/h7-8,11H,3-6,9-10H2,1-2H3. The smallest absolute Gasteiger partial charge is 0.407 e. The van der Waals surface area contributed by atoms with Gasteiger partial charge in [0.2, 0.25) is 0 Å². The third-order valence-corrected chi connectivity index (χ3v) is 4.56. The van der Waals surface area contributed by atoms with Crippen LogP contribution < -0.4 is 5.46 Å². The summed E-state index contributed by atoms with van der Waals surface area (Å²) < 4.78 is 11.6. The Balaban J connectivity index is 2.08. The fraction of sp³-hybridized carbons (Fsp3) is 0.600. The Morgan fingerprint density at radius 3 is 2.40 bits per heavy atom. The Bertz CT molecular complexity index is 446. The van der Waals surface area contributed by atoms with Crippen molar-refractivity contribution in [2.24, 2.45) is 5.92 Å². The molecule has 0 N–H and O–H groups in total. The third kappa shape index (κ3) is 3.70. The number of aryl methyl sites for hydroxylation is 1. The van der Waals surface area contributed by atoms with Crippen molar-refractivity contribution in [1.82, 2.24) is 0 Å². The maximum absolute atomic E-state index is 6.37. The molecule has 110 valence electrons. The Labute approximate surface area is 131 Å². The van der Waals surface area contributed by atoms with Crippen LogP contribution in [0.25, 0.3) is 0 Å². The summed E-state index contributed by atoms with van der Waals surface area (Å²) in [5.74, 6) is 0.491. The molecule has 0 saturated carbocycles. The summed E-state index contributed by atoms with van der Waals surface area (Å²) in [5.41, 5.74) is 1.93. The van der Waals surface area contributed by atoms with Crippen molar-refractivity contribution < 1.29 is 9.31 Å². The summed E-state index contributed by atoms with van der Waals surface area (Å²) in [6.45, 7) is 5.75. The van der Waals surface area contributed by atoms with Gasteiger partial charge >= 0.3 is 7.12 Å². The average molecular weight is 315 g/mol. The van der Waals surface area contributed by atoms with E-state index >= 15 is 0 Å². The van der Waals surface area contributed by atoms with Crippen LogP contribution in [0, 0.1) is 5.92 Å². The van der Waals surface area contributed by atoms with E-state index in [0.29, 0.717) is 16.0 Å². The van der Waals surface area contributed by atoms with Crippen LogP contribution in [-0.2, 0) is 15.7 Å². The SMILES string of the molecule is CCCc1ccc(B2OCC(CCC)CO2)c(Cl)c1Cl. The lowest BCUT2D eigenvalue weighted by molar-refractivity contribution is 0.0821. The zero-order chi connectivity index (χ0) is 14.5. The van der Waals surface area contributed by atoms with E-state index in [0.717, 1.165) is 49.9 Å². The molecule has 20 heavy (non-hydrogen) atoms. The quantitative estimate of drug-likeness (QED) is 0.762. The average Bonchev–Trinajstić information content (AvgIpc) is 2.46. The monoisotopic (exact) mass is 314 g/mol. The van der Waals surface area contributed by atoms with E-state index in [-0.39, 0.29) is 7.12 Å². The van der Waals surface area contributed by atoms with Crippen LogP contribution >= 0.6 is 23.2 Å². The van der Waals surface area contributed by atoms with Crippen molar-refractivity contribution in [2.45, 2.75) is 39.5 Å². The number of benzene rings is 1. The maximum atomic E-state index is 6.37. The van der Waals surface area contributed by atoms with Gasteiger partial charge in [0.25, 0.3) is 0 Å². The van der Waals surface area contributed by atoms with Crippen LogP contribution in [0.3, 0.4) is 0 Å². The molecule has 0 aliphatic carbocycles. The van der Waals surface area contributed by atoms with E-state index in [1.807, 2.05) is 12.1 Å². The molecule has 2 rings (SSSR count). The van der Waals surface area contributed by atoms with Crippen molar-refractivity contribution in [3.05, 3.63) is 27.7 Å². The highest BCUT2D eigenvalue weighted by atomic mass is 35.5. The van der Waals surface area contributed by atoms with E-state index in [1.54, 1.807) is 0 Å². The van der Waals surface area contributed by atoms with Crippen LogP contribution in [0.4, 0.5) is 0 Å². The summed E-state index contributed by atoms with van der Waals surface area (Å²) in [6, 6.07) is 4.00. The molecule has 1 saturated heterocycles. The van der Waals surface area contributed by atoms with Crippen LogP contribution in [0.15, 0.2) is 12.1 Å². The van der Waals surface area contributed by atoms with E-state index < -0.39 is 0 Å². The minimum Gasteiger partial charge on any atom is -0.407 e. The topological polar surface area (TPSA) is 18.5 Å². The Hall–Kier alpha value is -0.215. The number of hydrogen-bond donors (Lipinski definition) is 0. The first kappa shape index (κ1) is 16.2. The fourth-order valence-electron chi connectivity index (χ4n) is 2.55. The Morgan fingerprint density at radius 2 is 1.80 bits per heavy atom. The van der Waals surface area contributed by atoms with Gasteiger partial charge in [0.05, 0.1) is 10.0 Å². The molecule has 1 aromatic carbocycles. The fourth-order valence-corrected chi connectivity index (χ4v) is 3.09. The van der Waals surface area contributed by atoms with Crippen molar-refractivity contribution in [3.8, 4) is 0 Å². The van der Waals surface area contributed by atoms with E-state index in [4.69, 9.17) is 32.5 Å². The summed E-state index contributed by atoms with van der Waals surface area (Å²) in [6.07, 6.45) is 4.27. The lowest BCUT2D eigenvalue weighted by Crippen LogP contribution is -2.44. The number of rotatable bonds is 5. The van der Waals surface area contributed by atoms with Gasteiger partial charge in [-0.2, -0.15) is 0 Å². The first-order chi connectivity index (χ1) is 9.67. The molecular formula is C15H21BCl2O2. The van der Waals surface area contributed by atoms with Crippen molar-refractivity contribution >= 4 is 35.8 Å². The first-order valence-electron chi connectivity index (χ1n) is 7.37. The van der Waals surface area contributed by atoms with Crippen molar-refractivity contribution in [1.29, 1.82) is 0 Å². The second kappa shape index (κ2) is 7.70. The molecule has 0 radical (unpaired) electrons. The highest BCUT2D eigenvalue weighted by Gasteiger charge is 2.31. The minimum absolute atomic E-state index is 0.385. The summed E-state index contributed by atoms with van der Waals surface area (Å²) in [7, 11) is -0.385. The zero-order valence-corrected chi connectivity index (χ0v) is 13.6. The number of halogens is 2. The van der Waals surface area contributed by atoms with E-state index in [9.17, 15) is 0 Å². The molecule has 1 fully saturated rings. The number of hydrogen-bond acceptors (Lipinski definition) is 2. The molecule has 0 atom stereocenters. The summed E-state index contributed by atoms with van der Waals surface area (Å²) in [5, 5.41) is 1.20. The molecule has 5 heteroatoms. The van der Waals surface area contributed by atoms with Crippen molar-refractivity contribution in [2.75, 3.05) is 13.2 Å². The van der Waals surface area contributed by atoms with Gasteiger partial charge in [-0.25, -0.2) is 0 Å². The van der Waals surface area contributed by atoms with Crippen LogP contribution in [0.2, 0.25) is 10.0 Å². The van der Waals surface area contributed by atoms with Gasteiger partial charge in [-0.3, -0.25) is 0 Å². The molecule has 0 bridgehead atoms. The minimum atomic E-state index is -0.385. The highest BCUT2D eigenvalue weighted by Crippen LogP contribution is 2.27. The first-order valence-corrected chi connectivity index (χ1v) is 8.12. The Morgan fingerprint density at radius 1 is 1.10 bits per heavy atom. The van der Waals surface area contributed by atoms with E-state index in [2.05, 4.69) is 13.8 Å². The van der Waals surface area contributed by atoms with Crippen LogP contribution in [0.1, 0.15) is 38.7 Å². The summed E-state index contributed by atoms with van der Waals surface area (Å²) >= 11 is 12.7.